The molecule has 2 aromatic carbocycles. The fourth-order valence-corrected chi connectivity index (χ4v) is 2.57. The molecule has 0 atom stereocenters. The van der Waals surface area contributed by atoms with Gasteiger partial charge in [0, 0.05) is 24.5 Å². The number of nitrogens with zero attached hydrogens (tertiary/aromatic N) is 2. The van der Waals surface area contributed by atoms with Crippen molar-refractivity contribution >= 4 is 17.3 Å². The van der Waals surface area contributed by atoms with Crippen LogP contribution >= 0.6 is 0 Å². The Balaban J connectivity index is 2.15. The molecule has 1 amide bonds. The van der Waals surface area contributed by atoms with E-state index in [1.807, 2.05) is 67.3 Å². The number of carbonyl (C=O) groups is 1. The van der Waals surface area contributed by atoms with Crippen LogP contribution in [0, 0.1) is 6.92 Å². The van der Waals surface area contributed by atoms with Crippen LogP contribution in [0.25, 0.3) is 0 Å². The van der Waals surface area contributed by atoms with Crippen LogP contribution in [0.1, 0.15) is 19.4 Å². The predicted molar refractivity (Wildman–Crippen MR) is 93.5 cm³/mol. The standard InChI is InChI=1S/C19H24N2O/c1-4-20(17-11-7-6-8-12-17)15-19(22)21(5-2)18-13-9-10-16(3)14-18/h6-14H,4-5,15H2,1-3H3. The minimum Gasteiger partial charge on any atom is -0.362 e. The van der Waals surface area contributed by atoms with Gasteiger partial charge in [-0.25, -0.2) is 0 Å². The molecule has 3 heteroatoms. The first kappa shape index (κ1) is 16.1. The van der Waals surface area contributed by atoms with E-state index in [2.05, 4.69) is 17.9 Å². The summed E-state index contributed by atoms with van der Waals surface area (Å²) < 4.78 is 0. The van der Waals surface area contributed by atoms with Crippen LogP contribution in [-0.4, -0.2) is 25.5 Å². The maximum absolute atomic E-state index is 12.7. The highest BCUT2D eigenvalue weighted by Gasteiger charge is 2.17. The fraction of sp³-hybridized carbons (Fsp3) is 0.316. The molecule has 0 aliphatic heterocycles. The van der Waals surface area contributed by atoms with Crippen LogP contribution in [0.4, 0.5) is 11.4 Å². The lowest BCUT2D eigenvalue weighted by Gasteiger charge is -2.27. The molecule has 22 heavy (non-hydrogen) atoms. The molecule has 0 N–H and O–H groups in total. The number of rotatable bonds is 6. The summed E-state index contributed by atoms with van der Waals surface area (Å²) in [5, 5.41) is 0. The van der Waals surface area contributed by atoms with Gasteiger partial charge in [-0.2, -0.15) is 0 Å². The van der Waals surface area contributed by atoms with Crippen molar-refractivity contribution in [1.29, 1.82) is 0 Å². The zero-order valence-corrected chi connectivity index (χ0v) is 13.6. The molecule has 0 aromatic heterocycles. The second-order valence-corrected chi connectivity index (χ2v) is 5.33. The van der Waals surface area contributed by atoms with Gasteiger partial charge < -0.3 is 9.80 Å². The van der Waals surface area contributed by atoms with Crippen LogP contribution in [0.3, 0.4) is 0 Å². The highest BCUT2D eigenvalue weighted by Crippen LogP contribution is 2.18. The lowest BCUT2D eigenvalue weighted by Crippen LogP contribution is -2.40. The molecule has 0 aliphatic rings. The third-order valence-corrected chi connectivity index (χ3v) is 3.76. The van der Waals surface area contributed by atoms with Crippen molar-refractivity contribution < 1.29 is 4.79 Å². The number of aryl methyl sites for hydroxylation is 1. The average Bonchev–Trinajstić information content (AvgIpc) is 2.54. The van der Waals surface area contributed by atoms with Crippen LogP contribution in [0.2, 0.25) is 0 Å². The van der Waals surface area contributed by atoms with Crippen molar-refractivity contribution in [3.8, 4) is 0 Å². The molecule has 0 spiro atoms. The number of amides is 1. The van der Waals surface area contributed by atoms with Crippen LogP contribution < -0.4 is 9.80 Å². The monoisotopic (exact) mass is 296 g/mol. The van der Waals surface area contributed by atoms with Crippen molar-refractivity contribution in [2.75, 3.05) is 29.4 Å². The summed E-state index contributed by atoms with van der Waals surface area (Å²) in [5.74, 6) is 0.124. The Labute approximate surface area is 133 Å². The Morgan fingerprint density at radius 2 is 1.59 bits per heavy atom. The summed E-state index contributed by atoms with van der Waals surface area (Å²) in [4.78, 5) is 16.7. The molecule has 0 radical (unpaired) electrons. The predicted octanol–water partition coefficient (Wildman–Crippen LogP) is 3.87. The molecule has 0 heterocycles. The third kappa shape index (κ3) is 3.88. The normalized spacial score (nSPS) is 10.3. The minimum atomic E-state index is 0.124. The van der Waals surface area contributed by atoms with Gasteiger partial charge in [0.1, 0.15) is 0 Å². The topological polar surface area (TPSA) is 23.6 Å². The fourth-order valence-electron chi connectivity index (χ4n) is 2.57. The molecule has 0 bridgehead atoms. The summed E-state index contributed by atoms with van der Waals surface area (Å²) >= 11 is 0. The summed E-state index contributed by atoms with van der Waals surface area (Å²) in [6.07, 6.45) is 0. The van der Waals surface area contributed by atoms with Crippen LogP contribution in [0.5, 0.6) is 0 Å². The van der Waals surface area contributed by atoms with E-state index in [0.717, 1.165) is 17.9 Å². The molecule has 0 aliphatic carbocycles. The average molecular weight is 296 g/mol. The second kappa shape index (κ2) is 7.64. The zero-order valence-electron chi connectivity index (χ0n) is 13.6. The third-order valence-electron chi connectivity index (χ3n) is 3.76. The summed E-state index contributed by atoms with van der Waals surface area (Å²) in [7, 11) is 0. The molecule has 2 rings (SSSR count). The molecule has 0 unspecified atom stereocenters. The van der Waals surface area contributed by atoms with Crippen LogP contribution in [0.15, 0.2) is 54.6 Å². The van der Waals surface area contributed by atoms with Gasteiger partial charge in [-0.15, -0.1) is 0 Å². The van der Waals surface area contributed by atoms with E-state index < -0.39 is 0 Å². The summed E-state index contributed by atoms with van der Waals surface area (Å²) in [6, 6.07) is 18.2. The SMILES string of the molecule is CCN(CC(=O)N(CC)c1cccc(C)c1)c1ccccc1. The quantitative estimate of drug-likeness (QED) is 0.808. The van der Waals surface area contributed by atoms with Crippen LogP contribution in [-0.2, 0) is 4.79 Å². The molecule has 3 nitrogen and oxygen atoms in total. The van der Waals surface area contributed by atoms with E-state index in [9.17, 15) is 4.79 Å². The molecule has 0 saturated carbocycles. The summed E-state index contributed by atoms with van der Waals surface area (Å²) in [6.45, 7) is 8.00. The van der Waals surface area contributed by atoms with Gasteiger partial charge in [0.2, 0.25) is 5.91 Å². The molecule has 2 aromatic rings. The number of benzene rings is 2. The maximum Gasteiger partial charge on any atom is 0.246 e. The van der Waals surface area contributed by atoms with Gasteiger partial charge in [0.15, 0.2) is 0 Å². The molecule has 0 fully saturated rings. The Kier molecular flexibility index (Phi) is 5.59. The van der Waals surface area contributed by atoms with Gasteiger partial charge in [-0.1, -0.05) is 30.3 Å². The number of carbonyl (C=O) groups excluding carboxylic acids is 1. The van der Waals surface area contributed by atoms with E-state index in [4.69, 9.17) is 0 Å². The van der Waals surface area contributed by atoms with Crippen molar-refractivity contribution in [3.63, 3.8) is 0 Å². The number of hydrogen-bond acceptors (Lipinski definition) is 2. The Hall–Kier alpha value is -2.29. The van der Waals surface area contributed by atoms with Gasteiger partial charge in [0.25, 0.3) is 0 Å². The maximum atomic E-state index is 12.7. The lowest BCUT2D eigenvalue weighted by atomic mass is 10.2. The van der Waals surface area contributed by atoms with E-state index >= 15 is 0 Å². The number of hydrogen-bond donors (Lipinski definition) is 0. The number of para-hydroxylation sites is 1. The highest BCUT2D eigenvalue weighted by atomic mass is 16.2. The van der Waals surface area contributed by atoms with Gasteiger partial charge >= 0.3 is 0 Å². The molecular formula is C19H24N2O. The minimum absolute atomic E-state index is 0.124. The van der Waals surface area contributed by atoms with Crippen molar-refractivity contribution in [2.24, 2.45) is 0 Å². The first-order chi connectivity index (χ1) is 10.7. The highest BCUT2D eigenvalue weighted by molar-refractivity contribution is 5.96. The Morgan fingerprint density at radius 3 is 2.18 bits per heavy atom. The first-order valence-electron chi connectivity index (χ1n) is 7.82. The van der Waals surface area contributed by atoms with Gasteiger partial charge in [-0.05, 0) is 50.6 Å². The molecular weight excluding hydrogens is 272 g/mol. The van der Waals surface area contributed by atoms with E-state index in [1.54, 1.807) is 0 Å². The molecule has 116 valence electrons. The first-order valence-corrected chi connectivity index (χ1v) is 7.82. The smallest absolute Gasteiger partial charge is 0.246 e. The van der Waals surface area contributed by atoms with Gasteiger partial charge in [0.05, 0.1) is 6.54 Å². The Morgan fingerprint density at radius 1 is 0.909 bits per heavy atom. The number of anilines is 2. The largest absolute Gasteiger partial charge is 0.362 e. The van der Waals surface area contributed by atoms with Crippen molar-refractivity contribution in [1.82, 2.24) is 0 Å². The summed E-state index contributed by atoms with van der Waals surface area (Å²) in [5.41, 5.74) is 3.22. The van der Waals surface area contributed by atoms with Crippen molar-refractivity contribution in [3.05, 3.63) is 60.2 Å². The lowest BCUT2D eigenvalue weighted by molar-refractivity contribution is -0.117. The van der Waals surface area contributed by atoms with E-state index in [-0.39, 0.29) is 5.91 Å². The molecule has 0 saturated heterocycles. The Bertz CT molecular complexity index is 610. The zero-order chi connectivity index (χ0) is 15.9. The second-order valence-electron chi connectivity index (χ2n) is 5.33. The van der Waals surface area contributed by atoms with Crippen molar-refractivity contribution in [2.45, 2.75) is 20.8 Å². The number of likely N-dealkylation sites (N-methyl/N-ethyl adjacent to an activating group) is 2. The van der Waals surface area contributed by atoms with E-state index in [0.29, 0.717) is 13.1 Å². The van der Waals surface area contributed by atoms with Gasteiger partial charge in [-0.3, -0.25) is 4.79 Å². The van der Waals surface area contributed by atoms with E-state index in [1.165, 1.54) is 5.56 Å².